The maximum Gasteiger partial charge on any atom is 0.265 e. The number of alkyl halides is 2. The van der Waals surface area contributed by atoms with Gasteiger partial charge in [0.15, 0.2) is 0 Å². The van der Waals surface area contributed by atoms with Crippen molar-refractivity contribution in [2.24, 2.45) is 17.1 Å². The molecule has 2 amide bonds. The number of morpholine rings is 1. The summed E-state index contributed by atoms with van der Waals surface area (Å²) >= 11 is 0. The van der Waals surface area contributed by atoms with Gasteiger partial charge in [0.2, 0.25) is 5.91 Å². The number of nitrogens with two attached hydrogens (primary N) is 1. The number of carbonyl (C=O) groups excluding carboxylic acids is 2. The van der Waals surface area contributed by atoms with Crippen LogP contribution in [0, 0.1) is 11.3 Å². The Hall–Kier alpha value is -2.10. The molecule has 3 N–H and O–H groups in total. The Bertz CT molecular complexity index is 824. The van der Waals surface area contributed by atoms with E-state index in [9.17, 15) is 18.4 Å². The average Bonchev–Trinajstić information content (AvgIpc) is 3.52. The number of anilines is 2. The molecule has 3 rings (SSSR count). The molecule has 0 spiro atoms. The molecule has 1 atom stereocenters. The lowest BCUT2D eigenvalue weighted by Crippen LogP contribution is -2.51. The predicted molar refractivity (Wildman–Crippen MR) is 120 cm³/mol. The largest absolute Gasteiger partial charge is 0.370 e. The smallest absolute Gasteiger partial charge is 0.265 e. The molecule has 1 aliphatic heterocycles. The summed E-state index contributed by atoms with van der Waals surface area (Å²) in [6.07, 6.45) is -0.493. The van der Waals surface area contributed by atoms with Crippen LogP contribution in [0.3, 0.4) is 0 Å². The third kappa shape index (κ3) is 6.46. The number of nitrogens with one attached hydrogen (secondary N) is 1. The normalized spacial score (nSPS) is 18.4. The molecule has 1 saturated carbocycles. The molecule has 2 fully saturated rings. The van der Waals surface area contributed by atoms with Gasteiger partial charge in [-0.15, -0.1) is 0 Å². The average molecular weight is 453 g/mol. The number of hydrogen-bond donors (Lipinski definition) is 2. The van der Waals surface area contributed by atoms with Crippen LogP contribution in [0.4, 0.5) is 20.2 Å². The number of hydrogen-bond acceptors (Lipinski definition) is 5. The Balaban J connectivity index is 1.78. The second-order valence-electron chi connectivity index (χ2n) is 9.85. The number of ether oxygens (including phenoxy) is 1. The van der Waals surface area contributed by atoms with Crippen molar-refractivity contribution in [1.29, 1.82) is 0 Å². The number of halogens is 2. The minimum atomic E-state index is -2.80. The van der Waals surface area contributed by atoms with E-state index in [1.165, 1.54) is 17.0 Å². The van der Waals surface area contributed by atoms with E-state index in [0.717, 1.165) is 19.4 Å². The van der Waals surface area contributed by atoms with Crippen LogP contribution in [0.15, 0.2) is 18.2 Å². The van der Waals surface area contributed by atoms with Crippen molar-refractivity contribution in [3.05, 3.63) is 23.8 Å². The van der Waals surface area contributed by atoms with Gasteiger partial charge >= 0.3 is 0 Å². The molecular weight excluding hydrogens is 418 g/mol. The lowest BCUT2D eigenvalue weighted by atomic mass is 9.94. The zero-order valence-corrected chi connectivity index (χ0v) is 19.1. The minimum Gasteiger partial charge on any atom is -0.370 e. The van der Waals surface area contributed by atoms with E-state index in [2.05, 4.69) is 31.0 Å². The first-order valence-electron chi connectivity index (χ1n) is 11.1. The maximum absolute atomic E-state index is 13.8. The summed E-state index contributed by atoms with van der Waals surface area (Å²) in [5.74, 6) is -0.0983. The van der Waals surface area contributed by atoms with Gasteiger partial charge in [0.05, 0.1) is 12.3 Å². The maximum atomic E-state index is 13.8. The van der Waals surface area contributed by atoms with Crippen LogP contribution in [-0.4, -0.2) is 62.1 Å². The van der Waals surface area contributed by atoms with Gasteiger partial charge in [0.1, 0.15) is 12.6 Å². The number of nitrogens with zero attached hydrogens (tertiary/aromatic N) is 2. The van der Waals surface area contributed by atoms with Crippen LogP contribution in [0.5, 0.6) is 0 Å². The van der Waals surface area contributed by atoms with Crippen LogP contribution in [0.1, 0.15) is 45.6 Å². The monoisotopic (exact) mass is 452 g/mol. The summed E-state index contributed by atoms with van der Waals surface area (Å²) in [6.45, 7) is 8.34. The SMILES string of the molecule is CC(C)(C)CN(CC1CC1)[C@H](CN)C(=O)Nc1ccc(N2CCOCC2=O)c(C(F)F)c1. The van der Waals surface area contributed by atoms with Crippen molar-refractivity contribution in [1.82, 2.24) is 4.90 Å². The molecule has 178 valence electrons. The van der Waals surface area contributed by atoms with Gasteiger partial charge in [-0.3, -0.25) is 14.5 Å². The van der Waals surface area contributed by atoms with Crippen LogP contribution < -0.4 is 16.0 Å². The quantitative estimate of drug-likeness (QED) is 0.601. The molecule has 32 heavy (non-hydrogen) atoms. The molecule has 1 aromatic rings. The van der Waals surface area contributed by atoms with E-state index in [1.54, 1.807) is 6.07 Å². The summed E-state index contributed by atoms with van der Waals surface area (Å²) in [6, 6.07) is 3.69. The fraction of sp³-hybridized carbons (Fsp3) is 0.652. The molecule has 1 aliphatic carbocycles. The van der Waals surface area contributed by atoms with Crippen molar-refractivity contribution < 1.29 is 23.1 Å². The fourth-order valence-corrected chi connectivity index (χ4v) is 4.02. The highest BCUT2D eigenvalue weighted by atomic mass is 19.3. The first-order chi connectivity index (χ1) is 15.1. The molecule has 7 nitrogen and oxygen atoms in total. The van der Waals surface area contributed by atoms with Gasteiger partial charge in [0, 0.05) is 37.4 Å². The lowest BCUT2D eigenvalue weighted by Gasteiger charge is -2.35. The summed E-state index contributed by atoms with van der Waals surface area (Å²) < 4.78 is 32.7. The van der Waals surface area contributed by atoms with Crippen LogP contribution in [0.25, 0.3) is 0 Å². The third-order valence-corrected chi connectivity index (χ3v) is 5.64. The van der Waals surface area contributed by atoms with Crippen molar-refractivity contribution in [3.63, 3.8) is 0 Å². The van der Waals surface area contributed by atoms with E-state index >= 15 is 0 Å². The highest BCUT2D eigenvalue weighted by Gasteiger charge is 2.33. The Morgan fingerprint density at radius 3 is 2.62 bits per heavy atom. The summed E-state index contributed by atoms with van der Waals surface area (Å²) in [5, 5.41) is 2.77. The molecule has 0 aromatic heterocycles. The summed E-state index contributed by atoms with van der Waals surface area (Å²) in [4.78, 5) is 28.6. The van der Waals surface area contributed by atoms with E-state index in [-0.39, 0.29) is 60.5 Å². The molecule has 2 aliphatic rings. The Morgan fingerprint density at radius 2 is 2.06 bits per heavy atom. The van der Waals surface area contributed by atoms with Gasteiger partial charge in [0.25, 0.3) is 12.3 Å². The second-order valence-corrected chi connectivity index (χ2v) is 9.85. The number of rotatable bonds is 9. The Labute approximate surface area is 188 Å². The second kappa shape index (κ2) is 10.2. The highest BCUT2D eigenvalue weighted by Crippen LogP contribution is 2.34. The zero-order chi connectivity index (χ0) is 23.5. The number of carbonyl (C=O) groups is 2. The van der Waals surface area contributed by atoms with Crippen molar-refractivity contribution >= 4 is 23.2 Å². The third-order valence-electron chi connectivity index (χ3n) is 5.64. The molecule has 0 radical (unpaired) electrons. The lowest BCUT2D eigenvalue weighted by molar-refractivity contribution is -0.125. The molecule has 0 unspecified atom stereocenters. The van der Waals surface area contributed by atoms with Gasteiger partial charge in [-0.25, -0.2) is 8.78 Å². The highest BCUT2D eigenvalue weighted by molar-refractivity contribution is 5.97. The topological polar surface area (TPSA) is 87.9 Å². The van der Waals surface area contributed by atoms with Gasteiger partial charge in [-0.2, -0.15) is 0 Å². The number of amides is 2. The number of benzene rings is 1. The Morgan fingerprint density at radius 1 is 1.34 bits per heavy atom. The predicted octanol–water partition coefficient (Wildman–Crippen LogP) is 3.01. The van der Waals surface area contributed by atoms with Crippen molar-refractivity contribution in [3.8, 4) is 0 Å². The van der Waals surface area contributed by atoms with Crippen molar-refractivity contribution in [2.45, 2.75) is 46.1 Å². The van der Waals surface area contributed by atoms with E-state index < -0.39 is 12.5 Å². The van der Waals surface area contributed by atoms with Crippen LogP contribution in [-0.2, 0) is 14.3 Å². The van der Waals surface area contributed by atoms with Gasteiger partial charge < -0.3 is 20.7 Å². The van der Waals surface area contributed by atoms with E-state index in [1.807, 2.05) is 0 Å². The van der Waals surface area contributed by atoms with Gasteiger partial charge in [-0.1, -0.05) is 20.8 Å². The standard InChI is InChI=1S/C23H34F2N4O3/c1-23(2,3)14-28(12-15-4-5-15)19(11-26)22(31)27-16-6-7-18(17(10-16)21(24)25)29-8-9-32-13-20(29)30/h6-7,10,15,19,21H,4-5,8-9,11-14,26H2,1-3H3,(H,27,31)/t19-/m1/s1. The van der Waals surface area contributed by atoms with E-state index in [4.69, 9.17) is 10.5 Å². The van der Waals surface area contributed by atoms with Crippen LogP contribution in [0.2, 0.25) is 0 Å². The molecule has 1 saturated heterocycles. The van der Waals surface area contributed by atoms with E-state index in [0.29, 0.717) is 12.5 Å². The van der Waals surface area contributed by atoms with Crippen molar-refractivity contribution in [2.75, 3.05) is 49.6 Å². The first-order valence-corrected chi connectivity index (χ1v) is 11.1. The molecule has 1 aromatic carbocycles. The Kier molecular flexibility index (Phi) is 7.84. The molecule has 1 heterocycles. The van der Waals surface area contributed by atoms with Crippen LogP contribution >= 0.6 is 0 Å². The molecular formula is C23H34F2N4O3. The summed E-state index contributed by atoms with van der Waals surface area (Å²) in [5.41, 5.74) is 6.07. The van der Waals surface area contributed by atoms with Gasteiger partial charge in [-0.05, 0) is 42.4 Å². The summed E-state index contributed by atoms with van der Waals surface area (Å²) in [7, 11) is 0. The fourth-order valence-electron chi connectivity index (χ4n) is 4.02. The zero-order valence-electron chi connectivity index (χ0n) is 19.1. The minimum absolute atomic E-state index is 0.0161. The molecule has 9 heteroatoms. The first kappa shape index (κ1) is 24.5. The molecule has 0 bridgehead atoms.